The van der Waals surface area contributed by atoms with Crippen LogP contribution in [0.25, 0.3) is 11.2 Å². The van der Waals surface area contributed by atoms with Gasteiger partial charge in [0.2, 0.25) is 5.95 Å². The second-order valence-electron chi connectivity index (χ2n) is 7.72. The summed E-state index contributed by atoms with van der Waals surface area (Å²) in [5.41, 5.74) is 3.62. The van der Waals surface area contributed by atoms with E-state index in [1.54, 1.807) is 13.3 Å². The number of fused-ring (bicyclic) bond motifs is 1. The van der Waals surface area contributed by atoms with Crippen LogP contribution in [0.2, 0.25) is 0 Å². The molecule has 0 spiro atoms. The third kappa shape index (κ3) is 5.66. The average molecular weight is 441 g/mol. The molecule has 3 aromatic rings. The molecule has 0 amide bonds. The van der Waals surface area contributed by atoms with Gasteiger partial charge in [-0.05, 0) is 43.2 Å². The number of imidazole rings is 1. The number of ether oxygens (including phenoxy) is 1. The van der Waals surface area contributed by atoms with Crippen LogP contribution in [0.4, 0.5) is 5.95 Å². The van der Waals surface area contributed by atoms with Gasteiger partial charge < -0.3 is 9.30 Å². The molecule has 0 aliphatic carbocycles. The number of aromatic amines is 1. The Morgan fingerprint density at radius 3 is 2.53 bits per heavy atom. The van der Waals surface area contributed by atoms with E-state index >= 15 is 0 Å². The highest BCUT2D eigenvalue weighted by Gasteiger charge is 2.16. The van der Waals surface area contributed by atoms with E-state index in [-0.39, 0.29) is 0 Å². The molecule has 0 unspecified atom stereocenters. The normalized spacial score (nSPS) is 11.5. The molecule has 0 radical (unpaired) electrons. The molecular weight excluding hydrogens is 408 g/mol. The summed E-state index contributed by atoms with van der Waals surface area (Å²) in [5.74, 6) is 1.24. The molecule has 0 saturated carbocycles. The molecule has 3 rings (SSSR count). The minimum atomic E-state index is -0.490. The van der Waals surface area contributed by atoms with Crippen LogP contribution in [-0.4, -0.2) is 31.9 Å². The Bertz CT molecular complexity index is 1160. The lowest BCUT2D eigenvalue weighted by Crippen LogP contribution is -2.29. The Morgan fingerprint density at radius 2 is 1.81 bits per heavy atom. The molecule has 1 aromatic carbocycles. The van der Waals surface area contributed by atoms with Gasteiger partial charge in [0.05, 0.1) is 12.8 Å². The zero-order chi connectivity index (χ0) is 22.9. The van der Waals surface area contributed by atoms with E-state index in [2.05, 4.69) is 27.4 Å². The predicted octanol–water partition coefficient (Wildman–Crippen LogP) is 3.63. The van der Waals surface area contributed by atoms with E-state index in [9.17, 15) is 9.59 Å². The fraction of sp³-hybridized carbons (Fsp3) is 0.478. The van der Waals surface area contributed by atoms with Crippen molar-refractivity contribution in [3.05, 3.63) is 50.7 Å². The minimum Gasteiger partial charge on any atom is -0.494 e. The summed E-state index contributed by atoms with van der Waals surface area (Å²) >= 11 is 0. The number of H-pyrrole nitrogens is 1. The summed E-state index contributed by atoms with van der Waals surface area (Å²) in [4.78, 5) is 31.4. The second kappa shape index (κ2) is 11.3. The number of hydrogen-bond donors (Lipinski definition) is 2. The molecule has 172 valence electrons. The quantitative estimate of drug-likeness (QED) is 0.254. The summed E-state index contributed by atoms with van der Waals surface area (Å²) in [6, 6.07) is 7.58. The van der Waals surface area contributed by atoms with Crippen LogP contribution >= 0.6 is 0 Å². The molecule has 9 heteroatoms. The zero-order valence-corrected chi connectivity index (χ0v) is 19.1. The van der Waals surface area contributed by atoms with Gasteiger partial charge in [-0.1, -0.05) is 39.0 Å². The fourth-order valence-electron chi connectivity index (χ4n) is 3.57. The number of unbranched alkanes of at least 4 members (excludes halogenated alkanes) is 5. The van der Waals surface area contributed by atoms with Gasteiger partial charge in [-0.25, -0.2) is 10.2 Å². The van der Waals surface area contributed by atoms with Crippen molar-refractivity contribution in [3.8, 4) is 5.75 Å². The largest absolute Gasteiger partial charge is 0.494 e. The van der Waals surface area contributed by atoms with Crippen LogP contribution in [0.3, 0.4) is 0 Å². The summed E-state index contributed by atoms with van der Waals surface area (Å²) in [6.45, 7) is 5.37. The first-order chi connectivity index (χ1) is 15.5. The fourth-order valence-corrected chi connectivity index (χ4v) is 3.57. The maximum absolute atomic E-state index is 12.5. The number of aryl methyl sites for hydroxylation is 2. The minimum absolute atomic E-state index is 0.337. The number of nitrogens with one attached hydrogen (secondary N) is 2. The topological polar surface area (TPSA) is 106 Å². The summed E-state index contributed by atoms with van der Waals surface area (Å²) in [5, 5.41) is 4.30. The summed E-state index contributed by atoms with van der Waals surface area (Å²) in [7, 11) is 1.59. The molecule has 0 aliphatic heterocycles. The van der Waals surface area contributed by atoms with E-state index in [1.807, 2.05) is 35.8 Å². The Morgan fingerprint density at radius 1 is 1.09 bits per heavy atom. The summed E-state index contributed by atoms with van der Waals surface area (Å²) < 4.78 is 8.60. The third-order valence-corrected chi connectivity index (χ3v) is 5.31. The SMILES string of the molecule is CCCCCCCCn1c(NN=Cc2ccc(OCC)cc2)nc2c1c(=O)[nH]c(=O)n2C. The Kier molecular flexibility index (Phi) is 8.24. The standard InChI is InChI=1S/C23H32N6O3/c1-4-6-7-8-9-10-15-29-19-20(28(3)23(31)26-21(19)30)25-22(29)27-24-16-17-11-13-18(14-12-17)32-5-2/h11-14,16H,4-10,15H2,1-3H3,(H,25,27)(H,26,30,31). The molecule has 0 aliphatic rings. The number of nitrogens with zero attached hydrogens (tertiary/aromatic N) is 4. The van der Waals surface area contributed by atoms with Gasteiger partial charge in [0, 0.05) is 13.6 Å². The smallest absolute Gasteiger partial charge is 0.329 e. The zero-order valence-electron chi connectivity index (χ0n) is 19.1. The molecular formula is C23H32N6O3. The van der Waals surface area contributed by atoms with Gasteiger partial charge in [0.15, 0.2) is 11.2 Å². The number of hydrogen-bond acceptors (Lipinski definition) is 6. The van der Waals surface area contributed by atoms with Gasteiger partial charge in [0.1, 0.15) is 5.75 Å². The number of benzene rings is 1. The molecule has 0 saturated heterocycles. The van der Waals surface area contributed by atoms with Crippen molar-refractivity contribution in [2.75, 3.05) is 12.0 Å². The van der Waals surface area contributed by atoms with Crippen molar-refractivity contribution in [1.29, 1.82) is 0 Å². The van der Waals surface area contributed by atoms with Crippen molar-refractivity contribution < 1.29 is 4.74 Å². The van der Waals surface area contributed by atoms with Gasteiger partial charge in [-0.2, -0.15) is 10.1 Å². The van der Waals surface area contributed by atoms with Crippen LogP contribution in [0.1, 0.15) is 57.9 Å². The molecule has 0 fully saturated rings. The highest BCUT2D eigenvalue weighted by molar-refractivity contribution is 5.80. The van der Waals surface area contributed by atoms with E-state index in [0.717, 1.165) is 30.6 Å². The first kappa shape index (κ1) is 23.3. The van der Waals surface area contributed by atoms with Gasteiger partial charge in [0.25, 0.3) is 5.56 Å². The van der Waals surface area contributed by atoms with E-state index in [0.29, 0.717) is 30.3 Å². The number of rotatable bonds is 12. The number of hydrazone groups is 1. The lowest BCUT2D eigenvalue weighted by molar-refractivity contribution is 0.340. The molecule has 0 atom stereocenters. The third-order valence-electron chi connectivity index (χ3n) is 5.31. The van der Waals surface area contributed by atoms with Crippen LogP contribution in [-0.2, 0) is 13.6 Å². The molecule has 0 bridgehead atoms. The van der Waals surface area contributed by atoms with Crippen LogP contribution in [0.15, 0.2) is 39.0 Å². The molecule has 32 heavy (non-hydrogen) atoms. The number of anilines is 1. The first-order valence-electron chi connectivity index (χ1n) is 11.3. The van der Waals surface area contributed by atoms with E-state index in [4.69, 9.17) is 4.74 Å². The van der Waals surface area contributed by atoms with Gasteiger partial charge in [-0.15, -0.1) is 0 Å². The lowest BCUT2D eigenvalue weighted by atomic mass is 10.1. The Labute approximate surface area is 187 Å². The van der Waals surface area contributed by atoms with Crippen LogP contribution in [0.5, 0.6) is 5.75 Å². The van der Waals surface area contributed by atoms with Crippen molar-refractivity contribution >= 4 is 23.3 Å². The van der Waals surface area contributed by atoms with Crippen molar-refractivity contribution in [2.45, 2.75) is 58.9 Å². The van der Waals surface area contributed by atoms with Crippen LogP contribution in [0, 0.1) is 0 Å². The lowest BCUT2D eigenvalue weighted by Gasteiger charge is -2.08. The van der Waals surface area contributed by atoms with Gasteiger partial charge >= 0.3 is 5.69 Å². The summed E-state index contributed by atoms with van der Waals surface area (Å²) in [6.07, 6.45) is 8.47. The first-order valence-corrected chi connectivity index (χ1v) is 11.3. The monoisotopic (exact) mass is 440 g/mol. The Hall–Kier alpha value is -3.36. The van der Waals surface area contributed by atoms with Crippen LogP contribution < -0.4 is 21.4 Å². The Balaban J connectivity index is 1.81. The molecule has 2 N–H and O–H groups in total. The highest BCUT2D eigenvalue weighted by atomic mass is 16.5. The molecule has 2 heterocycles. The van der Waals surface area contributed by atoms with E-state index < -0.39 is 11.2 Å². The molecule has 2 aromatic heterocycles. The maximum atomic E-state index is 12.5. The number of aromatic nitrogens is 4. The second-order valence-corrected chi connectivity index (χ2v) is 7.72. The van der Waals surface area contributed by atoms with Crippen molar-refractivity contribution in [1.82, 2.24) is 19.1 Å². The van der Waals surface area contributed by atoms with Crippen molar-refractivity contribution in [3.63, 3.8) is 0 Å². The maximum Gasteiger partial charge on any atom is 0.329 e. The average Bonchev–Trinajstić information content (AvgIpc) is 3.15. The van der Waals surface area contributed by atoms with E-state index in [1.165, 1.54) is 23.8 Å². The highest BCUT2D eigenvalue weighted by Crippen LogP contribution is 2.17. The molecule has 9 nitrogen and oxygen atoms in total. The predicted molar refractivity (Wildman–Crippen MR) is 128 cm³/mol. The van der Waals surface area contributed by atoms with Crippen molar-refractivity contribution in [2.24, 2.45) is 12.1 Å². The van der Waals surface area contributed by atoms with Gasteiger partial charge in [-0.3, -0.25) is 14.3 Å².